The number of ether oxygens (including phenoxy) is 2. The first-order valence-electron chi connectivity index (χ1n) is 9.24. The second kappa shape index (κ2) is 9.77. The molecule has 7 nitrogen and oxygen atoms in total. The number of rotatable bonds is 8. The third-order valence-electron chi connectivity index (χ3n) is 4.30. The molecule has 1 aliphatic rings. The van der Waals surface area contributed by atoms with Crippen LogP contribution < -0.4 is 0 Å². The van der Waals surface area contributed by atoms with Crippen LogP contribution in [0.3, 0.4) is 0 Å². The SMILES string of the molecule is CC(=NOCCOC1CCCCO1)c1ccc(S(=O)(=O)c2ccccc2)nc1. The summed E-state index contributed by atoms with van der Waals surface area (Å²) in [4.78, 5) is 9.57. The van der Waals surface area contributed by atoms with Crippen LogP contribution in [0.5, 0.6) is 0 Å². The van der Waals surface area contributed by atoms with Crippen molar-refractivity contribution in [2.45, 2.75) is 42.4 Å². The van der Waals surface area contributed by atoms with E-state index in [0.29, 0.717) is 24.5 Å². The minimum Gasteiger partial charge on any atom is -0.393 e. The van der Waals surface area contributed by atoms with Gasteiger partial charge in [0.15, 0.2) is 11.3 Å². The Balaban J connectivity index is 1.53. The van der Waals surface area contributed by atoms with Crippen molar-refractivity contribution in [3.63, 3.8) is 0 Å². The van der Waals surface area contributed by atoms with E-state index in [0.717, 1.165) is 25.9 Å². The summed E-state index contributed by atoms with van der Waals surface area (Å²) in [6.07, 6.45) is 4.44. The Morgan fingerprint density at radius 1 is 1.18 bits per heavy atom. The fourth-order valence-electron chi connectivity index (χ4n) is 2.73. The number of aromatic nitrogens is 1. The zero-order valence-electron chi connectivity index (χ0n) is 15.8. The summed E-state index contributed by atoms with van der Waals surface area (Å²) in [6, 6.07) is 11.4. The highest BCUT2D eigenvalue weighted by molar-refractivity contribution is 7.91. The zero-order chi connectivity index (χ0) is 19.8. The Labute approximate surface area is 165 Å². The lowest BCUT2D eigenvalue weighted by Crippen LogP contribution is -2.23. The maximum absolute atomic E-state index is 12.5. The van der Waals surface area contributed by atoms with Gasteiger partial charge in [-0.3, -0.25) is 0 Å². The lowest BCUT2D eigenvalue weighted by Gasteiger charge is -2.22. The number of benzene rings is 1. The maximum Gasteiger partial charge on any atom is 0.223 e. The number of hydrogen-bond donors (Lipinski definition) is 0. The minimum absolute atomic E-state index is 0.00273. The Hall–Kier alpha value is -2.29. The standard InChI is InChI=1S/C20H24N2O5S/c1-16(22-27-14-13-26-20-9-5-6-12-25-20)17-10-11-19(21-15-17)28(23,24)18-7-3-2-4-8-18/h2-4,7-8,10-11,15,20H,5-6,9,12-14H2,1H3. The largest absolute Gasteiger partial charge is 0.393 e. The van der Waals surface area contributed by atoms with Crippen LogP contribution in [-0.2, 0) is 24.1 Å². The molecule has 0 spiro atoms. The third kappa shape index (κ3) is 5.37. The van der Waals surface area contributed by atoms with Gasteiger partial charge < -0.3 is 14.3 Å². The van der Waals surface area contributed by atoms with Crippen molar-refractivity contribution in [2.24, 2.45) is 5.16 Å². The molecule has 3 rings (SSSR count). The van der Waals surface area contributed by atoms with Crippen molar-refractivity contribution in [2.75, 3.05) is 19.8 Å². The maximum atomic E-state index is 12.5. The molecule has 0 N–H and O–H groups in total. The van der Waals surface area contributed by atoms with E-state index in [1.165, 1.54) is 12.3 Å². The highest BCUT2D eigenvalue weighted by Crippen LogP contribution is 2.19. The van der Waals surface area contributed by atoms with Crippen LogP contribution in [0.15, 0.2) is 63.7 Å². The topological polar surface area (TPSA) is 87.1 Å². The van der Waals surface area contributed by atoms with E-state index in [4.69, 9.17) is 14.3 Å². The van der Waals surface area contributed by atoms with Gasteiger partial charge in [0.25, 0.3) is 0 Å². The molecule has 0 radical (unpaired) electrons. The third-order valence-corrected chi connectivity index (χ3v) is 5.99. The Kier molecular flexibility index (Phi) is 7.13. The normalized spacial score (nSPS) is 18.0. The van der Waals surface area contributed by atoms with Crippen LogP contribution in [-0.4, -0.2) is 45.2 Å². The Morgan fingerprint density at radius 2 is 2.00 bits per heavy atom. The summed E-state index contributed by atoms with van der Waals surface area (Å²) < 4.78 is 36.1. The first kappa shape index (κ1) is 20.4. The van der Waals surface area contributed by atoms with E-state index in [2.05, 4.69) is 10.1 Å². The summed E-state index contributed by atoms with van der Waals surface area (Å²) in [7, 11) is -3.63. The van der Waals surface area contributed by atoms with Crippen LogP contribution >= 0.6 is 0 Å². The predicted molar refractivity (Wildman–Crippen MR) is 104 cm³/mol. The van der Waals surface area contributed by atoms with E-state index >= 15 is 0 Å². The van der Waals surface area contributed by atoms with E-state index < -0.39 is 9.84 Å². The average Bonchev–Trinajstić information content (AvgIpc) is 2.75. The van der Waals surface area contributed by atoms with Gasteiger partial charge in [-0.15, -0.1) is 0 Å². The number of sulfone groups is 1. The minimum atomic E-state index is -3.63. The first-order chi connectivity index (χ1) is 13.6. The van der Waals surface area contributed by atoms with Gasteiger partial charge in [-0.2, -0.15) is 0 Å². The molecule has 1 atom stereocenters. The highest BCUT2D eigenvalue weighted by Gasteiger charge is 2.18. The van der Waals surface area contributed by atoms with Gasteiger partial charge in [0, 0.05) is 18.4 Å². The molecule has 8 heteroatoms. The fraction of sp³-hybridized carbons (Fsp3) is 0.400. The summed E-state index contributed by atoms with van der Waals surface area (Å²) >= 11 is 0. The number of oxime groups is 1. The predicted octanol–water partition coefficient (Wildman–Crippen LogP) is 3.20. The van der Waals surface area contributed by atoms with Crippen molar-refractivity contribution in [1.29, 1.82) is 0 Å². The average molecular weight is 404 g/mol. The monoisotopic (exact) mass is 404 g/mol. The smallest absolute Gasteiger partial charge is 0.223 e. The quantitative estimate of drug-likeness (QED) is 0.381. The van der Waals surface area contributed by atoms with E-state index in [1.807, 2.05) is 0 Å². The van der Waals surface area contributed by atoms with Gasteiger partial charge >= 0.3 is 0 Å². The molecule has 28 heavy (non-hydrogen) atoms. The molecule has 2 heterocycles. The van der Waals surface area contributed by atoms with Crippen LogP contribution in [0, 0.1) is 0 Å². The Morgan fingerprint density at radius 3 is 2.68 bits per heavy atom. The molecule has 0 aliphatic carbocycles. The van der Waals surface area contributed by atoms with Crippen molar-refractivity contribution < 1.29 is 22.7 Å². The lowest BCUT2D eigenvalue weighted by molar-refractivity contribution is -0.169. The molecule has 2 aromatic rings. The van der Waals surface area contributed by atoms with Gasteiger partial charge in [-0.25, -0.2) is 13.4 Å². The van der Waals surface area contributed by atoms with Gasteiger partial charge in [0.1, 0.15) is 6.61 Å². The second-order valence-corrected chi connectivity index (χ2v) is 8.27. The van der Waals surface area contributed by atoms with E-state index in [1.54, 1.807) is 43.3 Å². The molecular formula is C20H24N2O5S. The van der Waals surface area contributed by atoms with Crippen molar-refractivity contribution >= 4 is 15.5 Å². The lowest BCUT2D eigenvalue weighted by atomic mass is 10.2. The molecule has 1 aromatic carbocycles. The summed E-state index contributed by atoms with van der Waals surface area (Å²) in [6.45, 7) is 3.22. The molecule has 0 amide bonds. The molecule has 0 bridgehead atoms. The van der Waals surface area contributed by atoms with Crippen LogP contribution in [0.25, 0.3) is 0 Å². The van der Waals surface area contributed by atoms with E-state index in [9.17, 15) is 8.42 Å². The van der Waals surface area contributed by atoms with Crippen LogP contribution in [0.2, 0.25) is 0 Å². The van der Waals surface area contributed by atoms with Crippen LogP contribution in [0.1, 0.15) is 31.7 Å². The summed E-state index contributed by atoms with van der Waals surface area (Å²) in [5, 5.41) is 4.03. The highest BCUT2D eigenvalue weighted by atomic mass is 32.2. The number of hydrogen-bond acceptors (Lipinski definition) is 7. The zero-order valence-corrected chi connectivity index (χ0v) is 16.6. The number of nitrogens with zero attached hydrogens (tertiary/aromatic N) is 2. The second-order valence-electron chi connectivity index (χ2n) is 6.38. The Bertz CT molecular complexity index is 877. The fourth-order valence-corrected chi connectivity index (χ4v) is 3.92. The van der Waals surface area contributed by atoms with Crippen molar-refractivity contribution in [1.82, 2.24) is 4.98 Å². The molecule has 0 saturated carbocycles. The summed E-state index contributed by atoms with van der Waals surface area (Å²) in [5.74, 6) is 0. The number of pyridine rings is 1. The molecule has 1 aliphatic heterocycles. The molecule has 1 unspecified atom stereocenters. The van der Waals surface area contributed by atoms with Gasteiger partial charge in [-0.05, 0) is 50.5 Å². The molecule has 1 saturated heterocycles. The molecule has 150 valence electrons. The van der Waals surface area contributed by atoms with E-state index in [-0.39, 0.29) is 16.2 Å². The van der Waals surface area contributed by atoms with Gasteiger partial charge in [0.2, 0.25) is 9.84 Å². The van der Waals surface area contributed by atoms with Crippen molar-refractivity contribution in [3.05, 3.63) is 54.2 Å². The first-order valence-corrected chi connectivity index (χ1v) is 10.7. The molecule has 1 fully saturated rings. The summed E-state index contributed by atoms with van der Waals surface area (Å²) in [5.41, 5.74) is 1.29. The van der Waals surface area contributed by atoms with Gasteiger partial charge in [0.05, 0.1) is 17.2 Å². The molecule has 1 aromatic heterocycles. The molecular weight excluding hydrogens is 380 g/mol. The van der Waals surface area contributed by atoms with Crippen molar-refractivity contribution in [3.8, 4) is 0 Å². The van der Waals surface area contributed by atoms with Crippen LogP contribution in [0.4, 0.5) is 0 Å². The van der Waals surface area contributed by atoms with Gasteiger partial charge in [-0.1, -0.05) is 23.4 Å².